The zero-order chi connectivity index (χ0) is 21.1. The van der Waals surface area contributed by atoms with Gasteiger partial charge in [-0.1, -0.05) is 41.9 Å². The summed E-state index contributed by atoms with van der Waals surface area (Å²) in [5, 5.41) is 0.333. The maximum atomic E-state index is 14.8. The van der Waals surface area contributed by atoms with Crippen LogP contribution in [0.25, 0.3) is 0 Å². The van der Waals surface area contributed by atoms with Gasteiger partial charge in [-0.05, 0) is 35.9 Å². The van der Waals surface area contributed by atoms with E-state index in [1.807, 2.05) is 12.1 Å². The maximum absolute atomic E-state index is 14.8. The topological polar surface area (TPSA) is 53.5 Å². The summed E-state index contributed by atoms with van der Waals surface area (Å²) >= 11 is 5.94. The van der Waals surface area contributed by atoms with Crippen molar-refractivity contribution in [2.75, 3.05) is 26.2 Å². The van der Waals surface area contributed by atoms with E-state index in [0.29, 0.717) is 36.8 Å². The van der Waals surface area contributed by atoms with Gasteiger partial charge < -0.3 is 0 Å². The number of hydrogen-bond acceptors (Lipinski definition) is 4. The highest BCUT2D eigenvalue weighted by atomic mass is 35.5. The second-order valence-electron chi connectivity index (χ2n) is 7.11. The zero-order valence-electron chi connectivity index (χ0n) is 16.2. The summed E-state index contributed by atoms with van der Waals surface area (Å²) in [5.41, 5.74) is 1.34. The van der Waals surface area contributed by atoms with Crippen LogP contribution in [0.5, 0.6) is 0 Å². The standard InChI is InChI=1S/C22H21ClFN3O2S/c23-18-8-9-20(21(24)15-18)22(17-5-4-10-25-16-17)26-11-13-27(14-12-26)30(28,29)19-6-2-1-3-7-19/h1-10,15-16,22H,11-14H2. The molecule has 156 valence electrons. The molecule has 0 radical (unpaired) electrons. The van der Waals surface area contributed by atoms with Crippen molar-refractivity contribution in [3.05, 3.63) is 95.0 Å². The molecule has 0 amide bonds. The van der Waals surface area contributed by atoms with Gasteiger partial charge in [-0.2, -0.15) is 4.31 Å². The number of sulfonamides is 1. The van der Waals surface area contributed by atoms with E-state index in [1.165, 1.54) is 10.4 Å². The van der Waals surface area contributed by atoms with Crippen LogP contribution in [0.4, 0.5) is 4.39 Å². The van der Waals surface area contributed by atoms with Crippen LogP contribution in [0.3, 0.4) is 0 Å². The van der Waals surface area contributed by atoms with Crippen LogP contribution < -0.4 is 0 Å². The average molecular weight is 446 g/mol. The van der Waals surface area contributed by atoms with Gasteiger partial charge in [0.15, 0.2) is 0 Å². The first-order chi connectivity index (χ1) is 14.5. The van der Waals surface area contributed by atoms with Gasteiger partial charge in [0.2, 0.25) is 10.0 Å². The van der Waals surface area contributed by atoms with Crippen LogP contribution in [-0.4, -0.2) is 48.8 Å². The number of halogens is 2. The fourth-order valence-corrected chi connectivity index (χ4v) is 5.39. The molecule has 2 heterocycles. The molecule has 5 nitrogen and oxygen atoms in total. The number of benzene rings is 2. The molecule has 1 aliphatic rings. The van der Waals surface area contributed by atoms with Crippen molar-refractivity contribution < 1.29 is 12.8 Å². The smallest absolute Gasteiger partial charge is 0.243 e. The molecule has 4 rings (SSSR count). The van der Waals surface area contributed by atoms with Gasteiger partial charge in [-0.25, -0.2) is 12.8 Å². The van der Waals surface area contributed by atoms with Crippen LogP contribution >= 0.6 is 11.6 Å². The van der Waals surface area contributed by atoms with Gasteiger partial charge >= 0.3 is 0 Å². The summed E-state index contributed by atoms with van der Waals surface area (Å²) in [5.74, 6) is -0.393. The molecule has 2 aromatic carbocycles. The summed E-state index contributed by atoms with van der Waals surface area (Å²) in [7, 11) is -3.55. The van der Waals surface area contributed by atoms with Crippen molar-refractivity contribution in [2.24, 2.45) is 0 Å². The van der Waals surface area contributed by atoms with Crippen molar-refractivity contribution in [2.45, 2.75) is 10.9 Å². The van der Waals surface area contributed by atoms with Gasteiger partial charge in [-0.3, -0.25) is 9.88 Å². The van der Waals surface area contributed by atoms with E-state index in [0.717, 1.165) is 5.56 Å². The van der Waals surface area contributed by atoms with E-state index in [-0.39, 0.29) is 10.9 Å². The lowest BCUT2D eigenvalue weighted by Crippen LogP contribution is -2.49. The number of piperazine rings is 1. The summed E-state index contributed by atoms with van der Waals surface area (Å²) in [6.45, 7) is 1.58. The van der Waals surface area contributed by atoms with Gasteiger partial charge in [0, 0.05) is 49.2 Å². The Labute approximate surface area is 180 Å². The second kappa shape index (κ2) is 8.81. The third kappa shape index (κ3) is 4.25. The highest BCUT2D eigenvalue weighted by Gasteiger charge is 2.33. The molecule has 30 heavy (non-hydrogen) atoms. The highest BCUT2D eigenvalue weighted by Crippen LogP contribution is 2.32. The number of aromatic nitrogens is 1. The Morgan fingerprint density at radius 2 is 1.70 bits per heavy atom. The third-order valence-corrected chi connectivity index (χ3v) is 7.42. The Morgan fingerprint density at radius 3 is 2.33 bits per heavy atom. The van der Waals surface area contributed by atoms with E-state index >= 15 is 0 Å². The molecule has 1 atom stereocenters. The van der Waals surface area contributed by atoms with Crippen molar-refractivity contribution in [3.63, 3.8) is 0 Å². The van der Waals surface area contributed by atoms with Crippen molar-refractivity contribution in [3.8, 4) is 0 Å². The minimum Gasteiger partial charge on any atom is -0.290 e. The molecular weight excluding hydrogens is 425 g/mol. The molecular formula is C22H21ClFN3O2S. The maximum Gasteiger partial charge on any atom is 0.243 e. The Balaban J connectivity index is 1.60. The normalized spacial score (nSPS) is 17.0. The fraction of sp³-hybridized carbons (Fsp3) is 0.227. The lowest BCUT2D eigenvalue weighted by Gasteiger charge is -2.39. The van der Waals surface area contributed by atoms with E-state index in [4.69, 9.17) is 11.6 Å². The third-order valence-electron chi connectivity index (χ3n) is 5.28. The summed E-state index contributed by atoms with van der Waals surface area (Å²) in [4.78, 5) is 6.55. The van der Waals surface area contributed by atoms with Crippen LogP contribution in [0.2, 0.25) is 5.02 Å². The number of pyridine rings is 1. The van der Waals surface area contributed by atoms with E-state index in [2.05, 4.69) is 9.88 Å². The molecule has 8 heteroatoms. The first-order valence-electron chi connectivity index (χ1n) is 9.61. The molecule has 1 unspecified atom stereocenters. The van der Waals surface area contributed by atoms with Crippen LogP contribution in [-0.2, 0) is 10.0 Å². The van der Waals surface area contributed by atoms with E-state index in [1.54, 1.807) is 54.9 Å². The van der Waals surface area contributed by atoms with Crippen molar-refractivity contribution in [1.82, 2.24) is 14.2 Å². The van der Waals surface area contributed by atoms with Gasteiger partial charge in [-0.15, -0.1) is 0 Å². The van der Waals surface area contributed by atoms with Gasteiger partial charge in [0.05, 0.1) is 10.9 Å². The van der Waals surface area contributed by atoms with Crippen LogP contribution in [0.15, 0.2) is 78.0 Å². The lowest BCUT2D eigenvalue weighted by atomic mass is 9.97. The molecule has 0 aliphatic carbocycles. The molecule has 1 saturated heterocycles. The fourth-order valence-electron chi connectivity index (χ4n) is 3.79. The minimum atomic E-state index is -3.55. The molecule has 1 aliphatic heterocycles. The van der Waals surface area contributed by atoms with E-state index < -0.39 is 15.8 Å². The summed E-state index contributed by atoms with van der Waals surface area (Å²) in [6, 6.07) is 16.4. The molecule has 0 saturated carbocycles. The lowest BCUT2D eigenvalue weighted by molar-refractivity contribution is 0.153. The molecule has 0 bridgehead atoms. The first kappa shape index (κ1) is 20.9. The molecule has 1 aromatic heterocycles. The predicted octanol–water partition coefficient (Wildman–Crippen LogP) is 3.97. The first-order valence-corrected chi connectivity index (χ1v) is 11.4. The predicted molar refractivity (Wildman–Crippen MR) is 114 cm³/mol. The monoisotopic (exact) mass is 445 g/mol. The second-order valence-corrected chi connectivity index (χ2v) is 9.48. The number of hydrogen-bond donors (Lipinski definition) is 0. The summed E-state index contributed by atoms with van der Waals surface area (Å²) < 4.78 is 42.1. The van der Waals surface area contributed by atoms with Crippen LogP contribution in [0, 0.1) is 5.82 Å². The highest BCUT2D eigenvalue weighted by molar-refractivity contribution is 7.89. The average Bonchev–Trinajstić information content (AvgIpc) is 2.77. The molecule has 1 fully saturated rings. The van der Waals surface area contributed by atoms with Gasteiger partial charge in [0.1, 0.15) is 5.82 Å². The van der Waals surface area contributed by atoms with Crippen molar-refractivity contribution >= 4 is 21.6 Å². The Morgan fingerprint density at radius 1 is 0.967 bits per heavy atom. The zero-order valence-corrected chi connectivity index (χ0v) is 17.7. The number of nitrogens with zero attached hydrogens (tertiary/aromatic N) is 3. The molecule has 0 N–H and O–H groups in total. The van der Waals surface area contributed by atoms with Gasteiger partial charge in [0.25, 0.3) is 0 Å². The minimum absolute atomic E-state index is 0.283. The van der Waals surface area contributed by atoms with E-state index in [9.17, 15) is 12.8 Å². The molecule has 3 aromatic rings. The Hall–Kier alpha value is -2.32. The molecule has 0 spiro atoms. The van der Waals surface area contributed by atoms with Crippen LogP contribution in [0.1, 0.15) is 17.2 Å². The quantitative estimate of drug-likeness (QED) is 0.596. The summed E-state index contributed by atoms with van der Waals surface area (Å²) in [6.07, 6.45) is 3.38. The van der Waals surface area contributed by atoms with Crippen molar-refractivity contribution in [1.29, 1.82) is 0 Å². The Kier molecular flexibility index (Phi) is 6.15. The SMILES string of the molecule is O=S(=O)(c1ccccc1)N1CCN(C(c2cccnc2)c2ccc(Cl)cc2F)CC1. The number of rotatable bonds is 5. The largest absolute Gasteiger partial charge is 0.290 e. The Bertz CT molecular complexity index is 1110.